The fourth-order valence-electron chi connectivity index (χ4n) is 2.15. The van der Waals surface area contributed by atoms with E-state index in [0.29, 0.717) is 0 Å². The Balaban J connectivity index is 2.04. The SMILES string of the molecule is Fc1cccc(Cn2nc(-c3nc(Cl)c(F)c(Cl)n3)cc2OC(F)F)c1F. The third-order valence-corrected chi connectivity index (χ3v) is 3.80. The van der Waals surface area contributed by atoms with Crippen molar-refractivity contribution in [2.24, 2.45) is 0 Å². The molecule has 0 radical (unpaired) electrons. The van der Waals surface area contributed by atoms with Gasteiger partial charge < -0.3 is 4.74 Å². The molecule has 0 aliphatic rings. The van der Waals surface area contributed by atoms with Crippen LogP contribution in [0.3, 0.4) is 0 Å². The first-order valence-electron chi connectivity index (χ1n) is 7.10. The van der Waals surface area contributed by atoms with Gasteiger partial charge in [-0.25, -0.2) is 27.8 Å². The van der Waals surface area contributed by atoms with E-state index in [1.807, 2.05) is 0 Å². The molecular weight excluding hydrogens is 418 g/mol. The van der Waals surface area contributed by atoms with Gasteiger partial charge in [-0.15, -0.1) is 0 Å². The number of alkyl halides is 2. The molecule has 0 saturated heterocycles. The summed E-state index contributed by atoms with van der Waals surface area (Å²) in [4.78, 5) is 7.24. The average molecular weight is 425 g/mol. The van der Waals surface area contributed by atoms with Gasteiger partial charge >= 0.3 is 6.61 Å². The zero-order valence-electron chi connectivity index (χ0n) is 12.9. The number of benzene rings is 1. The number of hydrogen-bond donors (Lipinski definition) is 0. The van der Waals surface area contributed by atoms with E-state index < -0.39 is 46.8 Å². The number of aromatic nitrogens is 4. The molecule has 0 bridgehead atoms. The highest BCUT2D eigenvalue weighted by Crippen LogP contribution is 2.27. The zero-order valence-corrected chi connectivity index (χ0v) is 14.4. The molecular formula is C15H7Cl2F5N4O. The van der Waals surface area contributed by atoms with Gasteiger partial charge in [-0.2, -0.15) is 13.9 Å². The van der Waals surface area contributed by atoms with Crippen LogP contribution in [0.1, 0.15) is 5.56 Å². The van der Waals surface area contributed by atoms with Crippen LogP contribution in [0.5, 0.6) is 5.88 Å². The van der Waals surface area contributed by atoms with Gasteiger partial charge in [0.2, 0.25) is 5.88 Å². The Hall–Kier alpha value is -2.46. The molecule has 2 aromatic heterocycles. The molecule has 0 aliphatic heterocycles. The summed E-state index contributed by atoms with van der Waals surface area (Å²) in [5.74, 6) is -4.10. The van der Waals surface area contributed by atoms with Crippen molar-refractivity contribution in [2.45, 2.75) is 13.2 Å². The Kier molecular flexibility index (Phi) is 5.47. The fourth-order valence-corrected chi connectivity index (χ4v) is 2.54. The molecule has 1 aromatic carbocycles. The summed E-state index contributed by atoms with van der Waals surface area (Å²) in [6.45, 7) is -3.65. The maximum Gasteiger partial charge on any atom is 0.388 e. The zero-order chi connectivity index (χ0) is 19.7. The lowest BCUT2D eigenvalue weighted by Gasteiger charge is -2.09. The Labute approximate surface area is 158 Å². The second-order valence-corrected chi connectivity index (χ2v) is 5.78. The van der Waals surface area contributed by atoms with Gasteiger partial charge in [0.05, 0.1) is 6.54 Å². The summed E-state index contributed by atoms with van der Waals surface area (Å²) in [6, 6.07) is 4.39. The van der Waals surface area contributed by atoms with Gasteiger partial charge in [-0.05, 0) is 6.07 Å². The second-order valence-electron chi connectivity index (χ2n) is 5.06. The Morgan fingerprint density at radius 3 is 2.33 bits per heavy atom. The number of hydrogen-bond acceptors (Lipinski definition) is 4. The monoisotopic (exact) mass is 424 g/mol. The fraction of sp³-hybridized carbons (Fsp3) is 0.133. The molecule has 3 rings (SSSR count). The lowest BCUT2D eigenvalue weighted by atomic mass is 10.2. The molecule has 0 amide bonds. The normalized spacial score (nSPS) is 11.3. The van der Waals surface area contributed by atoms with E-state index >= 15 is 0 Å². The van der Waals surface area contributed by atoms with E-state index in [2.05, 4.69) is 19.8 Å². The van der Waals surface area contributed by atoms with E-state index in [9.17, 15) is 22.0 Å². The maximum absolute atomic E-state index is 13.9. The summed E-state index contributed by atoms with van der Waals surface area (Å²) >= 11 is 11.2. The number of ether oxygens (including phenoxy) is 1. The van der Waals surface area contributed by atoms with Crippen LogP contribution >= 0.6 is 23.2 Å². The molecule has 0 unspecified atom stereocenters. The van der Waals surface area contributed by atoms with Crippen molar-refractivity contribution in [3.8, 4) is 17.4 Å². The van der Waals surface area contributed by atoms with Crippen molar-refractivity contribution in [1.82, 2.24) is 19.7 Å². The third kappa shape index (κ3) is 4.11. The smallest absolute Gasteiger partial charge is 0.388 e. The first kappa shape index (κ1) is 19.3. The quantitative estimate of drug-likeness (QED) is 0.439. The van der Waals surface area contributed by atoms with E-state index in [1.165, 1.54) is 12.1 Å². The molecule has 2 heterocycles. The first-order valence-corrected chi connectivity index (χ1v) is 7.86. The van der Waals surface area contributed by atoms with E-state index in [1.54, 1.807) is 0 Å². The third-order valence-electron chi connectivity index (χ3n) is 3.30. The van der Waals surface area contributed by atoms with Gasteiger partial charge in [0.15, 0.2) is 33.6 Å². The lowest BCUT2D eigenvalue weighted by Crippen LogP contribution is -2.11. The van der Waals surface area contributed by atoms with Gasteiger partial charge in [0, 0.05) is 11.6 Å². The van der Waals surface area contributed by atoms with Crippen molar-refractivity contribution in [1.29, 1.82) is 0 Å². The highest BCUT2D eigenvalue weighted by atomic mass is 35.5. The van der Waals surface area contributed by atoms with Crippen LogP contribution in [0.15, 0.2) is 24.3 Å². The molecule has 3 aromatic rings. The van der Waals surface area contributed by atoms with Crippen LogP contribution in [0.2, 0.25) is 10.3 Å². The predicted octanol–water partition coefficient (Wildman–Crippen LogP) is 4.71. The second kappa shape index (κ2) is 7.65. The van der Waals surface area contributed by atoms with Gasteiger partial charge in [0.25, 0.3) is 0 Å². The van der Waals surface area contributed by atoms with Crippen LogP contribution in [0.25, 0.3) is 11.5 Å². The molecule has 0 N–H and O–H groups in total. The van der Waals surface area contributed by atoms with Crippen LogP contribution in [0.4, 0.5) is 22.0 Å². The summed E-state index contributed by atoms with van der Waals surface area (Å²) in [5, 5.41) is 2.71. The predicted molar refractivity (Wildman–Crippen MR) is 85.3 cm³/mol. The minimum absolute atomic E-state index is 0.147. The van der Waals surface area contributed by atoms with Crippen molar-refractivity contribution >= 4 is 23.2 Å². The minimum Gasteiger partial charge on any atom is -0.417 e. The number of rotatable bonds is 5. The number of halogens is 7. The van der Waals surface area contributed by atoms with Crippen molar-refractivity contribution in [3.63, 3.8) is 0 Å². The van der Waals surface area contributed by atoms with Crippen LogP contribution in [-0.2, 0) is 6.54 Å². The van der Waals surface area contributed by atoms with Gasteiger partial charge in [-0.3, -0.25) is 0 Å². The molecule has 0 atom stereocenters. The van der Waals surface area contributed by atoms with E-state index in [4.69, 9.17) is 23.2 Å². The molecule has 0 saturated carbocycles. The standard InChI is InChI=1S/C15H7Cl2F5N4O/c16-12-11(20)13(17)24-14(23-12)8-4-9(27-15(21)22)26(25-8)5-6-2-1-3-7(18)10(6)19/h1-4,15H,5H2. The van der Waals surface area contributed by atoms with E-state index in [0.717, 1.165) is 16.8 Å². The summed E-state index contributed by atoms with van der Waals surface area (Å²) in [7, 11) is 0. The topological polar surface area (TPSA) is 52.8 Å². The highest BCUT2D eigenvalue weighted by molar-refractivity contribution is 6.33. The van der Waals surface area contributed by atoms with Crippen molar-refractivity contribution in [3.05, 3.63) is 57.6 Å². The van der Waals surface area contributed by atoms with Crippen LogP contribution in [-0.4, -0.2) is 26.4 Å². The molecule has 5 nitrogen and oxygen atoms in total. The van der Waals surface area contributed by atoms with Crippen molar-refractivity contribution < 1.29 is 26.7 Å². The van der Waals surface area contributed by atoms with Crippen LogP contribution in [0, 0.1) is 17.5 Å². The minimum atomic E-state index is -3.22. The Morgan fingerprint density at radius 2 is 1.70 bits per heavy atom. The summed E-state index contributed by atoms with van der Waals surface area (Å²) in [6.07, 6.45) is 0. The Morgan fingerprint density at radius 1 is 1.04 bits per heavy atom. The van der Waals surface area contributed by atoms with E-state index in [-0.39, 0.29) is 17.1 Å². The molecule has 0 spiro atoms. The summed E-state index contributed by atoms with van der Waals surface area (Å²) in [5.41, 5.74) is -0.314. The van der Waals surface area contributed by atoms with Gasteiger partial charge in [-0.1, -0.05) is 35.3 Å². The maximum atomic E-state index is 13.9. The highest BCUT2D eigenvalue weighted by Gasteiger charge is 2.20. The van der Waals surface area contributed by atoms with Gasteiger partial charge in [0.1, 0.15) is 5.69 Å². The number of nitrogens with zero attached hydrogens (tertiary/aromatic N) is 4. The molecule has 142 valence electrons. The molecule has 27 heavy (non-hydrogen) atoms. The first-order chi connectivity index (χ1) is 12.8. The van der Waals surface area contributed by atoms with Crippen molar-refractivity contribution in [2.75, 3.05) is 0 Å². The van der Waals surface area contributed by atoms with Crippen LogP contribution < -0.4 is 4.74 Å². The Bertz CT molecular complexity index is 975. The lowest BCUT2D eigenvalue weighted by molar-refractivity contribution is -0.0556. The molecule has 12 heteroatoms. The molecule has 0 fully saturated rings. The summed E-state index contributed by atoms with van der Waals surface area (Å²) < 4.78 is 71.1. The largest absolute Gasteiger partial charge is 0.417 e. The average Bonchev–Trinajstić information content (AvgIpc) is 2.98. The molecule has 0 aliphatic carbocycles.